The second-order valence-corrected chi connectivity index (χ2v) is 7.49. The minimum absolute atomic E-state index is 0.262. The van der Waals surface area contributed by atoms with Gasteiger partial charge in [0, 0.05) is 11.1 Å². The molecule has 0 saturated carbocycles. The number of hydrogen-bond donors (Lipinski definition) is 1. The number of hydrogen-bond acceptors (Lipinski definition) is 4. The van der Waals surface area contributed by atoms with E-state index in [9.17, 15) is 9.59 Å². The summed E-state index contributed by atoms with van der Waals surface area (Å²) in [4.78, 5) is 25.2. The number of benzene rings is 4. The largest absolute Gasteiger partial charge is 0.422 e. The minimum Gasteiger partial charge on any atom is -0.422 e. The summed E-state index contributed by atoms with van der Waals surface area (Å²) in [7, 11) is 0. The number of carbonyl (C=O) groups excluding carboxylic acids is 2. The van der Waals surface area contributed by atoms with Crippen LogP contribution < -0.4 is 10.2 Å². The van der Waals surface area contributed by atoms with E-state index in [0.717, 1.165) is 16.3 Å². The molecule has 1 amide bonds. The molecule has 0 atom stereocenters. The maximum atomic E-state index is 12.7. The number of carbonyl (C=O) groups is 2. The monoisotopic (exact) mass is 442 g/mol. The van der Waals surface area contributed by atoms with Crippen LogP contribution in [0.3, 0.4) is 0 Å². The van der Waals surface area contributed by atoms with Gasteiger partial charge in [0.25, 0.3) is 5.91 Å². The molecule has 0 heterocycles. The molecule has 0 aliphatic heterocycles. The van der Waals surface area contributed by atoms with Gasteiger partial charge in [0.05, 0.1) is 16.8 Å². The van der Waals surface area contributed by atoms with Gasteiger partial charge >= 0.3 is 5.97 Å². The number of ether oxygens (including phenoxy) is 1. The zero-order valence-corrected chi connectivity index (χ0v) is 18.0. The molecule has 158 valence electrons. The van der Waals surface area contributed by atoms with Crippen molar-refractivity contribution in [2.24, 2.45) is 5.10 Å². The first-order valence-corrected chi connectivity index (χ1v) is 10.3. The lowest BCUT2D eigenvalue weighted by atomic mass is 10.0. The lowest BCUT2D eigenvalue weighted by Crippen LogP contribution is -2.18. The molecule has 0 aromatic heterocycles. The van der Waals surface area contributed by atoms with Gasteiger partial charge in [-0.15, -0.1) is 0 Å². The molecule has 0 aliphatic rings. The van der Waals surface area contributed by atoms with Gasteiger partial charge < -0.3 is 4.74 Å². The van der Waals surface area contributed by atoms with Crippen LogP contribution in [0.2, 0.25) is 5.02 Å². The Morgan fingerprint density at radius 2 is 1.56 bits per heavy atom. The summed E-state index contributed by atoms with van der Waals surface area (Å²) >= 11 is 6.13. The molecule has 5 nitrogen and oxygen atoms in total. The van der Waals surface area contributed by atoms with Crippen LogP contribution in [0.1, 0.15) is 31.8 Å². The van der Waals surface area contributed by atoms with Crippen LogP contribution in [-0.4, -0.2) is 18.1 Å². The summed E-state index contributed by atoms with van der Waals surface area (Å²) in [5.41, 5.74) is 4.75. The number of halogens is 1. The van der Waals surface area contributed by atoms with E-state index in [4.69, 9.17) is 16.3 Å². The second-order valence-electron chi connectivity index (χ2n) is 7.08. The van der Waals surface area contributed by atoms with Gasteiger partial charge in [-0.1, -0.05) is 72.3 Å². The highest BCUT2D eigenvalue weighted by Gasteiger charge is 2.16. The van der Waals surface area contributed by atoms with Crippen molar-refractivity contribution in [2.45, 2.75) is 6.92 Å². The number of nitrogens with zero attached hydrogens (tertiary/aromatic N) is 1. The molecule has 1 N–H and O–H groups in total. The summed E-state index contributed by atoms with van der Waals surface area (Å²) < 4.78 is 5.65. The van der Waals surface area contributed by atoms with E-state index in [-0.39, 0.29) is 11.5 Å². The molecular formula is C26H19ClN2O3. The highest BCUT2D eigenvalue weighted by molar-refractivity contribution is 6.33. The zero-order chi connectivity index (χ0) is 22.5. The molecule has 4 aromatic rings. The maximum absolute atomic E-state index is 12.7. The van der Waals surface area contributed by atoms with Crippen LogP contribution >= 0.6 is 11.6 Å². The molecule has 0 spiro atoms. The Balaban J connectivity index is 1.65. The van der Waals surface area contributed by atoms with Crippen LogP contribution in [0.25, 0.3) is 10.8 Å². The molecule has 0 bridgehead atoms. The zero-order valence-electron chi connectivity index (χ0n) is 17.2. The van der Waals surface area contributed by atoms with E-state index < -0.39 is 5.97 Å². The maximum Gasteiger partial charge on any atom is 0.345 e. The van der Waals surface area contributed by atoms with Gasteiger partial charge in [-0.25, -0.2) is 10.2 Å². The van der Waals surface area contributed by atoms with E-state index in [1.54, 1.807) is 42.5 Å². The molecule has 4 rings (SSSR count). The van der Waals surface area contributed by atoms with Crippen LogP contribution in [0, 0.1) is 6.92 Å². The normalized spacial score (nSPS) is 10.9. The molecule has 0 saturated heterocycles. The number of rotatable bonds is 5. The SMILES string of the molecule is Cc1ccccc1C(=O)NN=Cc1c(OC(=O)c2ccccc2Cl)ccc2ccccc12. The molecule has 0 radical (unpaired) electrons. The van der Waals surface area contributed by atoms with E-state index in [1.165, 1.54) is 6.21 Å². The van der Waals surface area contributed by atoms with Crippen molar-refractivity contribution in [3.05, 3.63) is 112 Å². The summed E-state index contributed by atoms with van der Waals surface area (Å²) in [6.07, 6.45) is 1.48. The Labute approximate surface area is 190 Å². The van der Waals surface area contributed by atoms with E-state index in [2.05, 4.69) is 10.5 Å². The Morgan fingerprint density at radius 1 is 0.875 bits per heavy atom. The fourth-order valence-electron chi connectivity index (χ4n) is 3.32. The number of esters is 1. The molecule has 0 unspecified atom stereocenters. The number of aryl methyl sites for hydroxylation is 1. The topological polar surface area (TPSA) is 67.8 Å². The Morgan fingerprint density at radius 3 is 2.34 bits per heavy atom. The predicted octanol–water partition coefficient (Wildman–Crippen LogP) is 5.78. The van der Waals surface area contributed by atoms with Crippen LogP contribution in [0.5, 0.6) is 5.75 Å². The highest BCUT2D eigenvalue weighted by atomic mass is 35.5. The van der Waals surface area contributed by atoms with Gasteiger partial charge in [0.2, 0.25) is 0 Å². The van der Waals surface area contributed by atoms with Crippen molar-refractivity contribution in [2.75, 3.05) is 0 Å². The molecule has 32 heavy (non-hydrogen) atoms. The second kappa shape index (κ2) is 9.45. The van der Waals surface area contributed by atoms with Crippen LogP contribution in [-0.2, 0) is 0 Å². The molecular weight excluding hydrogens is 424 g/mol. The number of fused-ring (bicyclic) bond motifs is 1. The third-order valence-electron chi connectivity index (χ3n) is 4.98. The number of amides is 1. The lowest BCUT2D eigenvalue weighted by molar-refractivity contribution is 0.0734. The average molecular weight is 443 g/mol. The van der Waals surface area contributed by atoms with Crippen LogP contribution in [0.4, 0.5) is 0 Å². The first kappa shape index (κ1) is 21.3. The molecule has 0 aliphatic carbocycles. The molecule has 4 aromatic carbocycles. The van der Waals surface area contributed by atoms with Gasteiger partial charge in [-0.3, -0.25) is 4.79 Å². The Hall–Kier alpha value is -3.96. The van der Waals surface area contributed by atoms with Gasteiger partial charge in [-0.2, -0.15) is 5.10 Å². The van der Waals surface area contributed by atoms with Crippen LogP contribution in [0.15, 0.2) is 90.0 Å². The summed E-state index contributed by atoms with van der Waals surface area (Å²) in [6, 6.07) is 25.1. The molecule has 0 fully saturated rings. The quantitative estimate of drug-likeness (QED) is 0.184. The first-order chi connectivity index (χ1) is 15.5. The Kier molecular flexibility index (Phi) is 6.29. The summed E-state index contributed by atoms with van der Waals surface area (Å²) in [6.45, 7) is 1.86. The van der Waals surface area contributed by atoms with Crippen molar-refractivity contribution in [3.63, 3.8) is 0 Å². The third kappa shape index (κ3) is 4.53. The minimum atomic E-state index is -0.579. The first-order valence-electron chi connectivity index (χ1n) is 9.92. The average Bonchev–Trinajstić information content (AvgIpc) is 2.80. The summed E-state index contributed by atoms with van der Waals surface area (Å²) in [5, 5.41) is 6.20. The molecule has 6 heteroatoms. The third-order valence-corrected chi connectivity index (χ3v) is 5.31. The predicted molar refractivity (Wildman–Crippen MR) is 127 cm³/mol. The standard InChI is InChI=1S/C26H19ClN2O3/c1-17-8-2-4-10-19(17)25(30)29-28-16-22-20-11-5-3-9-18(20)14-15-24(22)32-26(31)21-12-6-7-13-23(21)27/h2-16H,1H3,(H,29,30). The van der Waals surface area contributed by atoms with Gasteiger partial charge in [-0.05, 0) is 47.5 Å². The fraction of sp³-hybridized carbons (Fsp3) is 0.0385. The summed E-state index contributed by atoms with van der Waals surface area (Å²) in [5.74, 6) is -0.596. The lowest BCUT2D eigenvalue weighted by Gasteiger charge is -2.11. The van der Waals surface area contributed by atoms with Crippen molar-refractivity contribution >= 4 is 40.5 Å². The van der Waals surface area contributed by atoms with E-state index in [0.29, 0.717) is 21.9 Å². The van der Waals surface area contributed by atoms with E-state index >= 15 is 0 Å². The highest BCUT2D eigenvalue weighted by Crippen LogP contribution is 2.28. The number of hydrazone groups is 1. The van der Waals surface area contributed by atoms with Crippen molar-refractivity contribution in [1.82, 2.24) is 5.43 Å². The Bertz CT molecular complexity index is 1350. The van der Waals surface area contributed by atoms with E-state index in [1.807, 2.05) is 49.4 Å². The van der Waals surface area contributed by atoms with Gasteiger partial charge in [0.15, 0.2) is 0 Å². The van der Waals surface area contributed by atoms with Crippen molar-refractivity contribution < 1.29 is 14.3 Å². The fourth-order valence-corrected chi connectivity index (χ4v) is 3.54. The number of nitrogens with one attached hydrogen (secondary N) is 1. The van der Waals surface area contributed by atoms with Gasteiger partial charge in [0.1, 0.15) is 5.75 Å². The van der Waals surface area contributed by atoms with Crippen molar-refractivity contribution in [1.29, 1.82) is 0 Å². The van der Waals surface area contributed by atoms with Crippen molar-refractivity contribution in [3.8, 4) is 5.75 Å². The smallest absolute Gasteiger partial charge is 0.345 e.